The maximum absolute atomic E-state index is 12.6. The van der Waals surface area contributed by atoms with Crippen LogP contribution in [-0.4, -0.2) is 0 Å². The second-order valence-electron chi connectivity index (χ2n) is 5.64. The number of rotatable bonds is 3. The molecule has 0 spiro atoms. The van der Waals surface area contributed by atoms with Crippen molar-refractivity contribution in [1.82, 2.24) is 0 Å². The molecule has 2 heteroatoms. The molecule has 0 radical (unpaired) electrons. The minimum absolute atomic E-state index is 0.0995. The summed E-state index contributed by atoms with van der Waals surface area (Å²) in [6.07, 6.45) is 0. The summed E-state index contributed by atoms with van der Waals surface area (Å²) in [5.74, 6) is 0.0995. The molecule has 0 unspecified atom stereocenters. The fourth-order valence-electron chi connectivity index (χ4n) is 3.06. The van der Waals surface area contributed by atoms with Crippen LogP contribution in [0.5, 0.6) is 5.75 Å². The molecule has 0 fully saturated rings. The van der Waals surface area contributed by atoms with Crippen molar-refractivity contribution in [3.63, 3.8) is 0 Å². The summed E-state index contributed by atoms with van der Waals surface area (Å²) in [4.78, 5) is 0. The van der Waals surface area contributed by atoms with Crippen molar-refractivity contribution >= 4 is 34.6 Å². The second kappa shape index (κ2) is 6.47. The number of benzene rings is 4. The molecule has 4 aromatic rings. The highest BCUT2D eigenvalue weighted by Crippen LogP contribution is 2.37. The van der Waals surface area contributed by atoms with Crippen molar-refractivity contribution in [2.24, 2.45) is 0 Å². The van der Waals surface area contributed by atoms with Gasteiger partial charge in [-0.1, -0.05) is 97.1 Å². The van der Waals surface area contributed by atoms with E-state index in [-0.39, 0.29) is 5.75 Å². The summed E-state index contributed by atoms with van der Waals surface area (Å²) < 4.78 is 0. The van der Waals surface area contributed by atoms with Crippen molar-refractivity contribution in [3.8, 4) is 5.75 Å². The lowest BCUT2D eigenvalue weighted by Gasteiger charge is -2.23. The van der Waals surface area contributed by atoms with E-state index in [2.05, 4.69) is 60.7 Å². The van der Waals surface area contributed by atoms with Crippen LogP contribution >= 0.6 is 7.92 Å². The molecule has 0 saturated carbocycles. The molecule has 4 rings (SSSR count). The van der Waals surface area contributed by atoms with E-state index < -0.39 is 7.92 Å². The van der Waals surface area contributed by atoms with E-state index in [1.165, 1.54) is 10.6 Å². The van der Waals surface area contributed by atoms with Crippen LogP contribution in [0.15, 0.2) is 97.1 Å². The maximum atomic E-state index is 12.6. The third-order valence-corrected chi connectivity index (χ3v) is 6.60. The molecular weight excluding hydrogens is 311 g/mol. The Morgan fingerprint density at radius 2 is 1.08 bits per heavy atom. The lowest BCUT2D eigenvalue weighted by Crippen LogP contribution is -2.21. The van der Waals surface area contributed by atoms with Gasteiger partial charge in [0.15, 0.2) is 0 Å². The van der Waals surface area contributed by atoms with Gasteiger partial charge in [-0.2, -0.15) is 0 Å². The molecule has 4 aromatic carbocycles. The number of fused-ring (bicyclic) bond motifs is 1. The normalized spacial score (nSPS) is 11.0. The molecule has 0 aliphatic carbocycles. The van der Waals surface area contributed by atoms with Gasteiger partial charge in [0.05, 0.1) is 0 Å². The van der Waals surface area contributed by atoms with Crippen molar-refractivity contribution in [3.05, 3.63) is 97.1 Å². The molecule has 24 heavy (non-hydrogen) atoms. The van der Waals surface area contributed by atoms with E-state index in [9.17, 15) is 5.11 Å². The summed E-state index contributed by atoms with van der Waals surface area (Å²) in [6, 6.07) is 32.7. The molecular formula is C22H16OP-. The van der Waals surface area contributed by atoms with E-state index in [1.807, 2.05) is 30.3 Å². The maximum Gasteiger partial charge on any atom is -0.00788 e. The Kier molecular flexibility index (Phi) is 4.02. The highest BCUT2D eigenvalue weighted by atomic mass is 31.1. The standard InChI is InChI=1S/C22H17OP/c23-20-15-7-9-17-10-8-16-21(22(17)20)24(18-11-3-1-4-12-18)19-13-5-2-6-14-19/h1-16,23H/p-1. The highest BCUT2D eigenvalue weighted by Gasteiger charge is 2.18. The summed E-state index contributed by atoms with van der Waals surface area (Å²) >= 11 is 0. The molecule has 0 saturated heterocycles. The predicted octanol–water partition coefficient (Wildman–Crippen LogP) is 3.67. The minimum Gasteiger partial charge on any atom is -0.872 e. The molecule has 0 atom stereocenters. The average Bonchev–Trinajstić information content (AvgIpc) is 2.64. The summed E-state index contributed by atoms with van der Waals surface area (Å²) in [5.41, 5.74) is 0. The molecule has 0 N–H and O–H groups in total. The van der Waals surface area contributed by atoms with Gasteiger partial charge >= 0.3 is 0 Å². The van der Waals surface area contributed by atoms with Gasteiger partial charge in [-0.05, 0) is 34.6 Å². The first-order chi connectivity index (χ1) is 11.8. The van der Waals surface area contributed by atoms with Crippen molar-refractivity contribution in [1.29, 1.82) is 0 Å². The van der Waals surface area contributed by atoms with Gasteiger partial charge in [0, 0.05) is 0 Å². The topological polar surface area (TPSA) is 23.1 Å². The van der Waals surface area contributed by atoms with Crippen LogP contribution < -0.4 is 21.0 Å². The Balaban J connectivity index is 2.02. The molecule has 0 heterocycles. The van der Waals surface area contributed by atoms with Gasteiger partial charge in [-0.3, -0.25) is 0 Å². The van der Waals surface area contributed by atoms with Crippen molar-refractivity contribution < 1.29 is 5.11 Å². The average molecular weight is 327 g/mol. The zero-order valence-corrected chi connectivity index (χ0v) is 14.0. The van der Waals surface area contributed by atoms with Gasteiger partial charge in [0.25, 0.3) is 0 Å². The fraction of sp³-hybridized carbons (Fsp3) is 0. The molecule has 0 aliphatic rings. The largest absolute Gasteiger partial charge is 0.872 e. The van der Waals surface area contributed by atoms with Crippen molar-refractivity contribution in [2.45, 2.75) is 0 Å². The van der Waals surface area contributed by atoms with E-state index in [1.54, 1.807) is 6.07 Å². The Bertz CT molecular complexity index is 920. The monoisotopic (exact) mass is 327 g/mol. The molecule has 1 nitrogen and oxygen atoms in total. The van der Waals surface area contributed by atoms with Gasteiger partial charge < -0.3 is 5.11 Å². The molecule has 0 bridgehead atoms. The highest BCUT2D eigenvalue weighted by molar-refractivity contribution is 7.80. The van der Waals surface area contributed by atoms with Crippen LogP contribution in [0.1, 0.15) is 0 Å². The van der Waals surface area contributed by atoms with E-state index in [0.29, 0.717) is 0 Å². The van der Waals surface area contributed by atoms with Crippen LogP contribution in [-0.2, 0) is 0 Å². The molecule has 0 aliphatic heterocycles. The Morgan fingerprint density at radius 3 is 1.67 bits per heavy atom. The van der Waals surface area contributed by atoms with Gasteiger partial charge in [-0.15, -0.1) is 5.75 Å². The van der Waals surface area contributed by atoms with Crippen molar-refractivity contribution in [2.75, 3.05) is 0 Å². The van der Waals surface area contributed by atoms with Crippen LogP contribution in [0, 0.1) is 0 Å². The van der Waals surface area contributed by atoms with Crippen LogP contribution in [0.25, 0.3) is 10.8 Å². The zero-order valence-electron chi connectivity index (χ0n) is 13.1. The first-order valence-electron chi connectivity index (χ1n) is 7.93. The minimum atomic E-state index is -0.762. The SMILES string of the molecule is [O-]c1cccc2cccc(P(c3ccccc3)c3ccccc3)c12. The summed E-state index contributed by atoms with van der Waals surface area (Å²) in [7, 11) is -0.762. The second-order valence-corrected chi connectivity index (χ2v) is 7.82. The molecule has 0 aromatic heterocycles. The van der Waals surface area contributed by atoms with Gasteiger partial charge in [-0.25, -0.2) is 0 Å². The number of hydrogen-bond acceptors (Lipinski definition) is 1. The van der Waals surface area contributed by atoms with E-state index >= 15 is 0 Å². The smallest absolute Gasteiger partial charge is 0.00788 e. The van der Waals surface area contributed by atoms with Crippen LogP contribution in [0.3, 0.4) is 0 Å². The first-order valence-corrected chi connectivity index (χ1v) is 9.28. The van der Waals surface area contributed by atoms with E-state index in [0.717, 1.165) is 16.1 Å². The Labute approximate surface area is 143 Å². The zero-order chi connectivity index (χ0) is 16.4. The Hall–Kier alpha value is -2.63. The lowest BCUT2D eigenvalue weighted by atomic mass is 10.1. The number of hydrogen-bond donors (Lipinski definition) is 0. The van der Waals surface area contributed by atoms with Crippen LogP contribution in [0.2, 0.25) is 0 Å². The third-order valence-electron chi connectivity index (χ3n) is 4.11. The molecule has 0 amide bonds. The van der Waals surface area contributed by atoms with Crippen LogP contribution in [0.4, 0.5) is 0 Å². The summed E-state index contributed by atoms with van der Waals surface area (Å²) in [6.45, 7) is 0. The van der Waals surface area contributed by atoms with E-state index in [4.69, 9.17) is 0 Å². The molecule has 116 valence electrons. The quantitative estimate of drug-likeness (QED) is 0.527. The van der Waals surface area contributed by atoms with Gasteiger partial charge in [0.1, 0.15) is 0 Å². The summed E-state index contributed by atoms with van der Waals surface area (Å²) in [5, 5.41) is 18.1. The first kappa shape index (κ1) is 14.9. The third kappa shape index (κ3) is 2.68. The lowest BCUT2D eigenvalue weighted by molar-refractivity contribution is -0.265. The fourth-order valence-corrected chi connectivity index (χ4v) is 5.55. The Morgan fingerprint density at radius 1 is 0.542 bits per heavy atom. The predicted molar refractivity (Wildman–Crippen MR) is 102 cm³/mol. The van der Waals surface area contributed by atoms with Gasteiger partial charge in [0.2, 0.25) is 0 Å².